The molecule has 1 aromatic rings. The molecular formula is C12H14ClNO3S. The van der Waals surface area contributed by atoms with E-state index in [1.807, 2.05) is 19.1 Å². The molecule has 0 saturated heterocycles. The van der Waals surface area contributed by atoms with Gasteiger partial charge < -0.3 is 10.4 Å². The van der Waals surface area contributed by atoms with Crippen LogP contribution in [0.3, 0.4) is 0 Å². The maximum Gasteiger partial charge on any atom is 0.313 e. The summed E-state index contributed by atoms with van der Waals surface area (Å²) in [5, 5.41) is 11.9. The number of rotatable bonds is 6. The zero-order chi connectivity index (χ0) is 13.5. The molecule has 6 heteroatoms. The Morgan fingerprint density at radius 2 is 1.94 bits per heavy atom. The highest BCUT2D eigenvalue weighted by Crippen LogP contribution is 2.16. The summed E-state index contributed by atoms with van der Waals surface area (Å²) < 4.78 is 0. The van der Waals surface area contributed by atoms with Gasteiger partial charge in [-0.1, -0.05) is 23.7 Å². The fourth-order valence-corrected chi connectivity index (χ4v) is 2.02. The van der Waals surface area contributed by atoms with Crippen molar-refractivity contribution in [2.75, 3.05) is 11.5 Å². The Morgan fingerprint density at radius 1 is 1.33 bits per heavy atom. The smallest absolute Gasteiger partial charge is 0.313 e. The van der Waals surface area contributed by atoms with Gasteiger partial charge in [0, 0.05) is 5.02 Å². The number of carboxylic acids is 1. The monoisotopic (exact) mass is 287 g/mol. The first-order chi connectivity index (χ1) is 8.49. The number of nitrogens with one attached hydrogen (secondary N) is 1. The topological polar surface area (TPSA) is 66.4 Å². The molecule has 18 heavy (non-hydrogen) atoms. The van der Waals surface area contributed by atoms with E-state index in [0.29, 0.717) is 5.02 Å². The molecule has 0 spiro atoms. The first-order valence-electron chi connectivity index (χ1n) is 5.33. The van der Waals surface area contributed by atoms with Crippen LogP contribution in [-0.2, 0) is 9.59 Å². The summed E-state index contributed by atoms with van der Waals surface area (Å²) >= 11 is 6.85. The molecule has 0 aliphatic rings. The maximum absolute atomic E-state index is 11.5. The normalized spacial score (nSPS) is 11.9. The second kappa shape index (κ2) is 7.28. The lowest BCUT2D eigenvalue weighted by molar-refractivity contribution is -0.133. The molecule has 2 N–H and O–H groups in total. The van der Waals surface area contributed by atoms with Crippen LogP contribution in [0.1, 0.15) is 18.5 Å². The predicted octanol–water partition coefficient (Wildman–Crippen LogP) is 2.33. The van der Waals surface area contributed by atoms with Crippen molar-refractivity contribution < 1.29 is 14.7 Å². The van der Waals surface area contributed by atoms with Crippen LogP contribution in [0.4, 0.5) is 0 Å². The molecule has 1 rings (SSSR count). The van der Waals surface area contributed by atoms with Crippen LogP contribution in [-0.4, -0.2) is 28.5 Å². The average Bonchev–Trinajstić information content (AvgIpc) is 2.29. The number of hydrogen-bond acceptors (Lipinski definition) is 3. The highest BCUT2D eigenvalue weighted by atomic mass is 35.5. The van der Waals surface area contributed by atoms with Gasteiger partial charge in [-0.2, -0.15) is 0 Å². The molecule has 0 bridgehead atoms. The largest absolute Gasteiger partial charge is 0.481 e. The minimum Gasteiger partial charge on any atom is -0.481 e. The Hall–Kier alpha value is -1.20. The second-order valence-electron chi connectivity index (χ2n) is 3.73. The molecule has 0 aromatic heterocycles. The van der Waals surface area contributed by atoms with Gasteiger partial charge in [-0.15, -0.1) is 11.8 Å². The summed E-state index contributed by atoms with van der Waals surface area (Å²) in [6.45, 7) is 1.86. The Labute approximate surface area is 115 Å². The van der Waals surface area contributed by atoms with Crippen LogP contribution < -0.4 is 5.32 Å². The van der Waals surface area contributed by atoms with Crippen LogP contribution in [0.2, 0.25) is 5.02 Å². The van der Waals surface area contributed by atoms with Gasteiger partial charge in [-0.05, 0) is 24.6 Å². The van der Waals surface area contributed by atoms with Crippen molar-refractivity contribution in [1.29, 1.82) is 0 Å². The van der Waals surface area contributed by atoms with Crippen molar-refractivity contribution in [3.05, 3.63) is 34.9 Å². The van der Waals surface area contributed by atoms with Crippen LogP contribution >= 0.6 is 23.4 Å². The molecule has 0 radical (unpaired) electrons. The Kier molecular flexibility index (Phi) is 6.01. The maximum atomic E-state index is 11.5. The summed E-state index contributed by atoms with van der Waals surface area (Å²) in [6, 6.07) is 7.09. The molecule has 98 valence electrons. The predicted molar refractivity (Wildman–Crippen MR) is 73.0 cm³/mol. The summed E-state index contributed by atoms with van der Waals surface area (Å²) in [7, 11) is 0. The molecule has 0 unspecified atom stereocenters. The van der Waals surface area contributed by atoms with Crippen LogP contribution in [0.25, 0.3) is 0 Å². The lowest BCUT2D eigenvalue weighted by Gasteiger charge is -2.14. The molecule has 1 atom stereocenters. The summed E-state index contributed by atoms with van der Waals surface area (Å²) in [5.74, 6) is -1.02. The fourth-order valence-electron chi connectivity index (χ4n) is 1.35. The Morgan fingerprint density at radius 3 is 2.50 bits per heavy atom. The summed E-state index contributed by atoms with van der Waals surface area (Å²) in [5.41, 5.74) is 0.955. The van der Waals surface area contributed by atoms with Crippen LogP contribution in [0.15, 0.2) is 24.3 Å². The van der Waals surface area contributed by atoms with E-state index in [9.17, 15) is 9.59 Å². The third-order valence-corrected chi connectivity index (χ3v) is 3.38. The molecule has 1 aromatic carbocycles. The van der Waals surface area contributed by atoms with Gasteiger partial charge in [0.15, 0.2) is 0 Å². The van der Waals surface area contributed by atoms with Crippen molar-refractivity contribution in [2.24, 2.45) is 0 Å². The van der Waals surface area contributed by atoms with Gasteiger partial charge in [-0.3, -0.25) is 9.59 Å². The van der Waals surface area contributed by atoms with E-state index in [1.165, 1.54) is 0 Å². The lowest BCUT2D eigenvalue weighted by atomic mass is 10.1. The third kappa shape index (κ3) is 5.42. The summed E-state index contributed by atoms with van der Waals surface area (Å²) in [6.07, 6.45) is 0. The first-order valence-corrected chi connectivity index (χ1v) is 6.86. The quantitative estimate of drug-likeness (QED) is 0.843. The molecule has 0 fully saturated rings. The number of benzene rings is 1. The average molecular weight is 288 g/mol. The number of hydrogen-bond donors (Lipinski definition) is 2. The second-order valence-corrected chi connectivity index (χ2v) is 5.15. The highest BCUT2D eigenvalue weighted by Gasteiger charge is 2.10. The van der Waals surface area contributed by atoms with Crippen molar-refractivity contribution >= 4 is 35.2 Å². The van der Waals surface area contributed by atoms with E-state index in [2.05, 4.69) is 5.32 Å². The van der Waals surface area contributed by atoms with Gasteiger partial charge in [0.2, 0.25) is 5.91 Å². The third-order valence-electron chi connectivity index (χ3n) is 2.21. The van der Waals surface area contributed by atoms with Gasteiger partial charge in [-0.25, -0.2) is 0 Å². The zero-order valence-electron chi connectivity index (χ0n) is 9.85. The molecule has 0 saturated carbocycles. The van der Waals surface area contributed by atoms with Gasteiger partial charge in [0.1, 0.15) is 0 Å². The van der Waals surface area contributed by atoms with Crippen LogP contribution in [0.5, 0.6) is 0 Å². The van der Waals surface area contributed by atoms with Crippen molar-refractivity contribution in [3.63, 3.8) is 0 Å². The van der Waals surface area contributed by atoms with E-state index in [4.69, 9.17) is 16.7 Å². The van der Waals surface area contributed by atoms with Gasteiger partial charge >= 0.3 is 5.97 Å². The van der Waals surface area contributed by atoms with E-state index in [-0.39, 0.29) is 23.5 Å². The van der Waals surface area contributed by atoms with Crippen molar-refractivity contribution in [2.45, 2.75) is 13.0 Å². The molecular weight excluding hydrogens is 274 g/mol. The zero-order valence-corrected chi connectivity index (χ0v) is 11.4. The standard InChI is InChI=1S/C12H14ClNO3S/c1-8(9-2-4-10(13)5-3-9)14-11(15)6-18-7-12(16)17/h2-5,8H,6-7H2,1H3,(H,14,15)(H,16,17)/t8-/m1/s1. The molecule has 0 aliphatic heterocycles. The van der Waals surface area contributed by atoms with Gasteiger partial charge in [0.25, 0.3) is 0 Å². The highest BCUT2D eigenvalue weighted by molar-refractivity contribution is 8.00. The van der Waals surface area contributed by atoms with Gasteiger partial charge in [0.05, 0.1) is 17.5 Å². The van der Waals surface area contributed by atoms with E-state index in [0.717, 1.165) is 17.3 Å². The SMILES string of the molecule is C[C@@H](NC(=O)CSCC(=O)O)c1ccc(Cl)cc1. The number of halogens is 1. The van der Waals surface area contributed by atoms with E-state index in [1.54, 1.807) is 12.1 Å². The Balaban J connectivity index is 2.39. The number of thioether (sulfide) groups is 1. The number of carboxylic acid groups (broad SMARTS) is 1. The molecule has 0 heterocycles. The van der Waals surface area contributed by atoms with Crippen LogP contribution in [0, 0.1) is 0 Å². The molecule has 0 aliphatic carbocycles. The number of carbonyl (C=O) groups excluding carboxylic acids is 1. The van der Waals surface area contributed by atoms with E-state index >= 15 is 0 Å². The summed E-state index contributed by atoms with van der Waals surface area (Å²) in [4.78, 5) is 21.8. The number of aliphatic carboxylic acids is 1. The van der Waals surface area contributed by atoms with Crippen molar-refractivity contribution in [1.82, 2.24) is 5.32 Å². The number of carbonyl (C=O) groups is 2. The molecule has 1 amide bonds. The fraction of sp³-hybridized carbons (Fsp3) is 0.333. The Bertz CT molecular complexity index is 422. The van der Waals surface area contributed by atoms with E-state index < -0.39 is 5.97 Å². The number of amides is 1. The lowest BCUT2D eigenvalue weighted by Crippen LogP contribution is -2.28. The first kappa shape index (κ1) is 14.9. The minimum absolute atomic E-state index is 0.0667. The minimum atomic E-state index is -0.918. The van der Waals surface area contributed by atoms with Crippen molar-refractivity contribution in [3.8, 4) is 0 Å². The molecule has 4 nitrogen and oxygen atoms in total.